The van der Waals surface area contributed by atoms with Crippen LogP contribution in [0.15, 0.2) is 0 Å². The highest BCUT2D eigenvalue weighted by Gasteiger charge is 2.39. The summed E-state index contributed by atoms with van der Waals surface area (Å²) in [5, 5.41) is 0. The minimum atomic E-state index is -0.306. The Bertz CT molecular complexity index is 383. The highest BCUT2D eigenvalue weighted by atomic mass is 16.7. The third kappa shape index (κ3) is 6.47. The molecule has 6 nitrogen and oxygen atoms in total. The summed E-state index contributed by atoms with van der Waals surface area (Å²) in [6.07, 6.45) is 1.46. The molecule has 1 heterocycles. The van der Waals surface area contributed by atoms with Crippen LogP contribution in [0.3, 0.4) is 0 Å². The first kappa shape index (κ1) is 19.9. The maximum atomic E-state index is 11.0. The average Bonchev–Trinajstić information content (AvgIpc) is 2.52. The monoisotopic (exact) mass is 330 g/mol. The summed E-state index contributed by atoms with van der Waals surface area (Å²) in [5.74, 6) is 0.468. The van der Waals surface area contributed by atoms with Gasteiger partial charge >= 0.3 is 11.9 Å². The van der Waals surface area contributed by atoms with Gasteiger partial charge in [-0.15, -0.1) is 0 Å². The molecule has 5 atom stereocenters. The summed E-state index contributed by atoms with van der Waals surface area (Å²) >= 11 is 0. The molecule has 0 spiro atoms. The minimum Gasteiger partial charge on any atom is -0.469 e. The molecule has 0 aromatic heterocycles. The number of esters is 2. The van der Waals surface area contributed by atoms with E-state index in [1.165, 1.54) is 14.0 Å². The molecule has 0 aliphatic carbocycles. The molecule has 6 heteroatoms. The third-order valence-electron chi connectivity index (χ3n) is 4.72. The van der Waals surface area contributed by atoms with Crippen molar-refractivity contribution < 1.29 is 28.5 Å². The highest BCUT2D eigenvalue weighted by molar-refractivity contribution is 5.68. The Hall–Kier alpha value is -1.14. The van der Waals surface area contributed by atoms with Gasteiger partial charge in [0.25, 0.3) is 0 Å². The van der Waals surface area contributed by atoms with E-state index in [0.717, 1.165) is 12.8 Å². The molecule has 0 radical (unpaired) electrons. The quantitative estimate of drug-likeness (QED) is 0.503. The molecule has 23 heavy (non-hydrogen) atoms. The van der Waals surface area contributed by atoms with Gasteiger partial charge in [0.2, 0.25) is 0 Å². The first-order valence-electron chi connectivity index (χ1n) is 8.34. The maximum absolute atomic E-state index is 11.0. The molecule has 0 saturated carbocycles. The molecular weight excluding hydrogens is 300 g/mol. The summed E-state index contributed by atoms with van der Waals surface area (Å²) in [4.78, 5) is 22.0. The van der Waals surface area contributed by atoms with Crippen LogP contribution in [-0.4, -0.2) is 44.7 Å². The van der Waals surface area contributed by atoms with Crippen LogP contribution in [0.2, 0.25) is 0 Å². The Morgan fingerprint density at radius 3 is 2.35 bits per heavy atom. The van der Waals surface area contributed by atoms with Crippen LogP contribution in [0.25, 0.3) is 0 Å². The van der Waals surface area contributed by atoms with Gasteiger partial charge in [-0.2, -0.15) is 0 Å². The Labute approximate surface area is 138 Å². The average molecular weight is 330 g/mol. The van der Waals surface area contributed by atoms with Crippen molar-refractivity contribution in [1.29, 1.82) is 0 Å². The second kappa shape index (κ2) is 9.88. The van der Waals surface area contributed by atoms with E-state index in [2.05, 4.69) is 25.5 Å². The van der Waals surface area contributed by atoms with Crippen LogP contribution < -0.4 is 0 Å². The molecule has 5 unspecified atom stereocenters. The van der Waals surface area contributed by atoms with E-state index in [1.807, 2.05) is 0 Å². The molecular formula is C17H30O6. The van der Waals surface area contributed by atoms with Crippen LogP contribution in [-0.2, 0) is 28.5 Å². The van der Waals surface area contributed by atoms with E-state index < -0.39 is 0 Å². The van der Waals surface area contributed by atoms with Gasteiger partial charge in [0.15, 0.2) is 6.29 Å². The lowest BCUT2D eigenvalue weighted by atomic mass is 9.79. The van der Waals surface area contributed by atoms with E-state index >= 15 is 0 Å². The van der Waals surface area contributed by atoms with E-state index in [9.17, 15) is 9.59 Å². The second-order valence-electron chi connectivity index (χ2n) is 6.33. The maximum Gasteiger partial charge on any atom is 0.305 e. The van der Waals surface area contributed by atoms with Crippen molar-refractivity contribution >= 4 is 11.9 Å². The summed E-state index contributed by atoms with van der Waals surface area (Å²) in [7, 11) is 1.39. The first-order valence-corrected chi connectivity index (χ1v) is 8.34. The van der Waals surface area contributed by atoms with Crippen molar-refractivity contribution in [3.63, 3.8) is 0 Å². The van der Waals surface area contributed by atoms with Crippen LogP contribution in [0.1, 0.15) is 47.0 Å². The molecule has 0 N–H and O–H groups in total. The normalized spacial score (nSPS) is 30.7. The molecule has 0 amide bonds. The lowest BCUT2D eigenvalue weighted by molar-refractivity contribution is -0.255. The van der Waals surface area contributed by atoms with Crippen molar-refractivity contribution in [2.24, 2.45) is 17.8 Å². The second-order valence-corrected chi connectivity index (χ2v) is 6.33. The number of carbonyl (C=O) groups excluding carboxylic acids is 2. The van der Waals surface area contributed by atoms with E-state index in [-0.39, 0.29) is 36.9 Å². The zero-order chi connectivity index (χ0) is 17.4. The number of carbonyl (C=O) groups is 2. The molecule has 1 aliphatic heterocycles. The Morgan fingerprint density at radius 2 is 1.74 bits per heavy atom. The number of methoxy groups -OCH3 is 1. The third-order valence-corrected chi connectivity index (χ3v) is 4.72. The van der Waals surface area contributed by atoms with Crippen molar-refractivity contribution in [2.75, 3.05) is 20.3 Å². The van der Waals surface area contributed by atoms with Gasteiger partial charge < -0.3 is 18.9 Å². The Morgan fingerprint density at radius 1 is 1.04 bits per heavy atom. The number of hydrogen-bond acceptors (Lipinski definition) is 6. The predicted molar refractivity (Wildman–Crippen MR) is 84.6 cm³/mol. The summed E-state index contributed by atoms with van der Waals surface area (Å²) in [5.41, 5.74) is 0. The molecule has 0 aromatic rings. The lowest BCUT2D eigenvalue weighted by Gasteiger charge is -2.43. The summed E-state index contributed by atoms with van der Waals surface area (Å²) < 4.78 is 21.5. The SMILES string of the molecule is COC(=O)CCCCOC1OC(COC(C)=O)C(C)C(C)C1C. The molecule has 1 fully saturated rings. The fourth-order valence-corrected chi connectivity index (χ4v) is 2.74. The Kier molecular flexibility index (Phi) is 8.55. The van der Waals surface area contributed by atoms with Crippen molar-refractivity contribution in [2.45, 2.75) is 59.4 Å². The van der Waals surface area contributed by atoms with E-state index in [1.54, 1.807) is 0 Å². The number of unbranched alkanes of at least 4 members (excludes halogenated alkanes) is 1. The molecule has 0 bridgehead atoms. The molecule has 134 valence electrons. The molecule has 0 aromatic carbocycles. The first-order chi connectivity index (χ1) is 10.9. The molecule has 1 rings (SSSR count). The van der Waals surface area contributed by atoms with Crippen LogP contribution in [0.5, 0.6) is 0 Å². The number of ether oxygens (including phenoxy) is 4. The smallest absolute Gasteiger partial charge is 0.305 e. The van der Waals surface area contributed by atoms with Crippen LogP contribution in [0, 0.1) is 17.8 Å². The summed E-state index contributed by atoms with van der Waals surface area (Å²) in [6.45, 7) is 8.59. The number of hydrogen-bond donors (Lipinski definition) is 0. The van der Waals surface area contributed by atoms with Gasteiger partial charge in [-0.3, -0.25) is 9.59 Å². The van der Waals surface area contributed by atoms with Crippen LogP contribution >= 0.6 is 0 Å². The van der Waals surface area contributed by atoms with E-state index in [0.29, 0.717) is 24.9 Å². The number of rotatable bonds is 8. The van der Waals surface area contributed by atoms with Gasteiger partial charge in [0.1, 0.15) is 6.61 Å². The van der Waals surface area contributed by atoms with Crippen molar-refractivity contribution in [1.82, 2.24) is 0 Å². The molecule has 1 aliphatic rings. The fourth-order valence-electron chi connectivity index (χ4n) is 2.74. The zero-order valence-electron chi connectivity index (χ0n) is 14.9. The lowest BCUT2D eigenvalue weighted by Crippen LogP contribution is -2.47. The molecule has 1 saturated heterocycles. The topological polar surface area (TPSA) is 71.1 Å². The minimum absolute atomic E-state index is 0.148. The summed E-state index contributed by atoms with van der Waals surface area (Å²) in [6, 6.07) is 0. The van der Waals surface area contributed by atoms with Gasteiger partial charge in [-0.05, 0) is 24.7 Å². The standard InChI is InChI=1S/C17H30O6/c1-11-12(2)15(10-22-14(4)18)23-17(13(11)3)21-9-7-6-8-16(19)20-5/h11-13,15,17H,6-10H2,1-5H3. The highest BCUT2D eigenvalue weighted by Crippen LogP contribution is 2.35. The van der Waals surface area contributed by atoms with Crippen molar-refractivity contribution in [3.05, 3.63) is 0 Å². The van der Waals surface area contributed by atoms with E-state index in [4.69, 9.17) is 14.2 Å². The van der Waals surface area contributed by atoms with Gasteiger partial charge in [-0.1, -0.05) is 20.8 Å². The zero-order valence-corrected chi connectivity index (χ0v) is 14.9. The van der Waals surface area contributed by atoms with Crippen molar-refractivity contribution in [3.8, 4) is 0 Å². The fraction of sp³-hybridized carbons (Fsp3) is 0.882. The largest absolute Gasteiger partial charge is 0.469 e. The van der Waals surface area contributed by atoms with Gasteiger partial charge in [-0.25, -0.2) is 0 Å². The predicted octanol–water partition coefficient (Wildman–Crippen LogP) is 2.54. The Balaban J connectivity index is 2.40. The van der Waals surface area contributed by atoms with Crippen LogP contribution in [0.4, 0.5) is 0 Å². The van der Waals surface area contributed by atoms with Gasteiger partial charge in [0, 0.05) is 25.9 Å². The van der Waals surface area contributed by atoms with Gasteiger partial charge in [0.05, 0.1) is 13.2 Å².